The molecule has 11 unspecified atom stereocenters. The van der Waals surface area contributed by atoms with Crippen LogP contribution in [0.15, 0.2) is 0 Å². The predicted molar refractivity (Wildman–Crippen MR) is 115 cm³/mol. The number of aliphatic hydroxyl groups is 2. The van der Waals surface area contributed by atoms with Gasteiger partial charge in [-0.05, 0) is 97.7 Å². The highest BCUT2D eigenvalue weighted by atomic mass is 16.5. The van der Waals surface area contributed by atoms with Gasteiger partial charge in [-0.2, -0.15) is 0 Å². The Bertz CT molecular complexity index is 651. The van der Waals surface area contributed by atoms with Crippen molar-refractivity contribution in [1.29, 1.82) is 0 Å². The van der Waals surface area contributed by atoms with Gasteiger partial charge in [-0.15, -0.1) is 0 Å². The Morgan fingerprint density at radius 1 is 1.03 bits per heavy atom. The number of hydrogen-bond donors (Lipinski definition) is 3. The van der Waals surface area contributed by atoms with Crippen LogP contribution in [0.1, 0.15) is 78.6 Å². The third-order valence-electron chi connectivity index (χ3n) is 10.5. The van der Waals surface area contributed by atoms with Crippen LogP contribution in [-0.2, 0) is 9.53 Å². The van der Waals surface area contributed by atoms with Gasteiger partial charge in [0.05, 0.1) is 18.3 Å². The van der Waals surface area contributed by atoms with Crippen LogP contribution in [0, 0.1) is 46.3 Å². The Morgan fingerprint density at radius 2 is 1.70 bits per heavy atom. The number of fused-ring (bicyclic) bond motifs is 5. The van der Waals surface area contributed by atoms with E-state index in [0.717, 1.165) is 44.9 Å². The Labute approximate surface area is 181 Å². The van der Waals surface area contributed by atoms with Crippen LogP contribution >= 0.6 is 0 Å². The minimum absolute atomic E-state index is 0.123. The maximum atomic E-state index is 11.6. The average molecular weight is 423 g/mol. The van der Waals surface area contributed by atoms with E-state index in [1.165, 1.54) is 6.42 Å². The van der Waals surface area contributed by atoms with Gasteiger partial charge in [0, 0.05) is 13.5 Å². The predicted octanol–water partition coefficient (Wildman–Crippen LogP) is 4.10. The quantitative estimate of drug-likeness (QED) is 0.621. The second-order valence-electron chi connectivity index (χ2n) is 11.7. The SMILES string of the molecule is COC1C(O)C2C3CCC(C(C)CCC(=O)O)C3(C)CCC2C2(C)CCC(O)CC12. The lowest BCUT2D eigenvalue weighted by atomic mass is 9.43. The fourth-order valence-corrected chi connectivity index (χ4v) is 9.04. The highest BCUT2D eigenvalue weighted by Crippen LogP contribution is 2.68. The zero-order valence-corrected chi connectivity index (χ0v) is 19.2. The van der Waals surface area contributed by atoms with Crippen molar-refractivity contribution in [2.75, 3.05) is 7.11 Å². The maximum absolute atomic E-state index is 11.6. The number of carbonyl (C=O) groups is 1. The third-order valence-corrected chi connectivity index (χ3v) is 10.5. The van der Waals surface area contributed by atoms with Crippen LogP contribution in [-0.4, -0.2) is 46.7 Å². The molecule has 0 aliphatic heterocycles. The second-order valence-corrected chi connectivity index (χ2v) is 11.7. The molecule has 0 aromatic rings. The minimum atomic E-state index is -0.700. The number of carboxylic acids is 1. The molecule has 0 amide bonds. The fourth-order valence-electron chi connectivity index (χ4n) is 9.04. The Hall–Kier alpha value is -0.650. The highest BCUT2D eigenvalue weighted by Gasteiger charge is 2.65. The number of carboxylic acid groups (broad SMARTS) is 1. The van der Waals surface area contributed by atoms with Gasteiger partial charge < -0.3 is 20.1 Å². The molecule has 5 nitrogen and oxygen atoms in total. The summed E-state index contributed by atoms with van der Waals surface area (Å²) in [5.41, 5.74) is 0.299. The lowest BCUT2D eigenvalue weighted by Gasteiger charge is -2.64. The van der Waals surface area contributed by atoms with E-state index in [2.05, 4.69) is 20.8 Å². The van der Waals surface area contributed by atoms with Crippen molar-refractivity contribution in [2.24, 2.45) is 46.3 Å². The molecule has 0 saturated heterocycles. The topological polar surface area (TPSA) is 87.0 Å². The molecule has 0 heterocycles. The molecule has 30 heavy (non-hydrogen) atoms. The largest absolute Gasteiger partial charge is 0.481 e. The molecule has 172 valence electrons. The molecule has 4 fully saturated rings. The summed E-state index contributed by atoms with van der Waals surface area (Å²) in [6.45, 7) is 7.07. The number of aliphatic carboxylic acids is 1. The van der Waals surface area contributed by atoms with Crippen molar-refractivity contribution >= 4 is 5.97 Å². The van der Waals surface area contributed by atoms with Crippen LogP contribution in [0.25, 0.3) is 0 Å². The van der Waals surface area contributed by atoms with Crippen molar-refractivity contribution in [3.8, 4) is 0 Å². The van der Waals surface area contributed by atoms with E-state index in [1.807, 2.05) is 0 Å². The van der Waals surface area contributed by atoms with Gasteiger partial charge in [0.2, 0.25) is 0 Å². The molecule has 0 aromatic carbocycles. The molecule has 4 rings (SSSR count). The zero-order chi connectivity index (χ0) is 21.8. The second kappa shape index (κ2) is 8.04. The molecule has 5 heteroatoms. The number of methoxy groups -OCH3 is 1. The molecule has 0 aromatic heterocycles. The number of ether oxygens (including phenoxy) is 1. The van der Waals surface area contributed by atoms with Gasteiger partial charge in [-0.25, -0.2) is 0 Å². The van der Waals surface area contributed by atoms with Gasteiger partial charge in [0.15, 0.2) is 0 Å². The van der Waals surface area contributed by atoms with Crippen LogP contribution in [0.2, 0.25) is 0 Å². The monoisotopic (exact) mass is 422 g/mol. The molecule has 0 radical (unpaired) electrons. The van der Waals surface area contributed by atoms with Gasteiger partial charge in [-0.3, -0.25) is 4.79 Å². The zero-order valence-electron chi connectivity index (χ0n) is 19.2. The summed E-state index contributed by atoms with van der Waals surface area (Å²) >= 11 is 0. The Kier molecular flexibility index (Phi) is 6.04. The molecule has 4 aliphatic rings. The molecule has 0 spiro atoms. The summed E-state index contributed by atoms with van der Waals surface area (Å²) in [5.74, 6) is 1.68. The summed E-state index contributed by atoms with van der Waals surface area (Å²) in [5, 5.41) is 31.1. The molecular weight excluding hydrogens is 380 g/mol. The maximum Gasteiger partial charge on any atom is 0.303 e. The van der Waals surface area contributed by atoms with Crippen LogP contribution in [0.5, 0.6) is 0 Å². The van der Waals surface area contributed by atoms with E-state index in [-0.39, 0.29) is 41.3 Å². The van der Waals surface area contributed by atoms with E-state index < -0.39 is 12.1 Å². The van der Waals surface area contributed by atoms with E-state index in [1.54, 1.807) is 7.11 Å². The van der Waals surface area contributed by atoms with Crippen molar-refractivity contribution in [3.05, 3.63) is 0 Å². The normalized spacial score (nSPS) is 51.5. The first-order chi connectivity index (χ1) is 14.1. The first-order valence-corrected chi connectivity index (χ1v) is 12.2. The third kappa shape index (κ3) is 3.34. The standard InChI is InChI=1S/C25H42O5/c1-14(5-8-20(27)28)16-6-7-17-21-18(10-12-24(16,17)2)25(3)11-9-15(26)13-19(25)23(30-4)22(21)29/h14-19,21-23,26,29H,5-13H2,1-4H3,(H,27,28). The van der Waals surface area contributed by atoms with Gasteiger partial charge in [-0.1, -0.05) is 20.8 Å². The first-order valence-electron chi connectivity index (χ1n) is 12.2. The van der Waals surface area contributed by atoms with Gasteiger partial charge in [0.25, 0.3) is 0 Å². The van der Waals surface area contributed by atoms with Crippen molar-refractivity contribution in [3.63, 3.8) is 0 Å². The molecule has 11 atom stereocenters. The number of hydrogen-bond acceptors (Lipinski definition) is 4. The Morgan fingerprint density at radius 3 is 2.37 bits per heavy atom. The van der Waals surface area contributed by atoms with E-state index in [4.69, 9.17) is 9.84 Å². The van der Waals surface area contributed by atoms with Crippen LogP contribution in [0.3, 0.4) is 0 Å². The van der Waals surface area contributed by atoms with Crippen molar-refractivity contribution in [2.45, 2.75) is 96.9 Å². The van der Waals surface area contributed by atoms with E-state index >= 15 is 0 Å². The lowest BCUT2D eigenvalue weighted by molar-refractivity contribution is -0.230. The summed E-state index contributed by atoms with van der Waals surface area (Å²) in [6, 6.07) is 0. The average Bonchev–Trinajstić information content (AvgIpc) is 3.05. The molecule has 0 bridgehead atoms. The Balaban J connectivity index is 1.61. The van der Waals surface area contributed by atoms with E-state index in [0.29, 0.717) is 23.7 Å². The van der Waals surface area contributed by atoms with E-state index in [9.17, 15) is 15.0 Å². The van der Waals surface area contributed by atoms with Crippen molar-refractivity contribution < 1.29 is 24.9 Å². The summed E-state index contributed by atoms with van der Waals surface area (Å²) in [6.07, 6.45) is 7.28. The summed E-state index contributed by atoms with van der Waals surface area (Å²) in [7, 11) is 1.73. The molecule has 4 saturated carbocycles. The first kappa shape index (κ1) is 22.5. The smallest absolute Gasteiger partial charge is 0.303 e. The summed E-state index contributed by atoms with van der Waals surface area (Å²) in [4.78, 5) is 11.1. The number of aliphatic hydroxyl groups excluding tert-OH is 2. The highest BCUT2D eigenvalue weighted by molar-refractivity contribution is 5.66. The lowest BCUT2D eigenvalue weighted by Crippen LogP contribution is -2.64. The minimum Gasteiger partial charge on any atom is -0.481 e. The molecule has 3 N–H and O–H groups in total. The van der Waals surface area contributed by atoms with Crippen LogP contribution in [0.4, 0.5) is 0 Å². The van der Waals surface area contributed by atoms with Crippen molar-refractivity contribution in [1.82, 2.24) is 0 Å². The fraction of sp³-hybridized carbons (Fsp3) is 0.960. The summed E-state index contributed by atoms with van der Waals surface area (Å²) < 4.78 is 5.93. The van der Waals surface area contributed by atoms with Gasteiger partial charge >= 0.3 is 5.97 Å². The molecular formula is C25H42O5. The van der Waals surface area contributed by atoms with Crippen LogP contribution < -0.4 is 0 Å². The molecule has 4 aliphatic carbocycles. The van der Waals surface area contributed by atoms with Gasteiger partial charge in [0.1, 0.15) is 0 Å². The number of rotatable bonds is 5.